The zero-order valence-electron chi connectivity index (χ0n) is 11.8. The van der Waals surface area contributed by atoms with Crippen molar-refractivity contribution in [3.63, 3.8) is 0 Å². The highest BCUT2D eigenvalue weighted by Crippen LogP contribution is 2.29. The van der Waals surface area contributed by atoms with Gasteiger partial charge in [0.15, 0.2) is 0 Å². The summed E-state index contributed by atoms with van der Waals surface area (Å²) in [5.41, 5.74) is 9.72. The molecule has 0 fully saturated rings. The van der Waals surface area contributed by atoms with E-state index in [1.165, 1.54) is 36.1 Å². The summed E-state index contributed by atoms with van der Waals surface area (Å²) in [5.74, 6) is 1.72. The second kappa shape index (κ2) is 5.59. The van der Waals surface area contributed by atoms with Crippen molar-refractivity contribution in [2.45, 2.75) is 25.7 Å². The van der Waals surface area contributed by atoms with Crippen molar-refractivity contribution in [3.05, 3.63) is 47.4 Å². The molecular formula is C16H20N4. The number of fused-ring (bicyclic) bond motifs is 1. The first kappa shape index (κ1) is 13.1. The second-order valence-electron chi connectivity index (χ2n) is 5.24. The first-order chi connectivity index (χ1) is 9.78. The van der Waals surface area contributed by atoms with Gasteiger partial charge in [0.25, 0.3) is 0 Å². The van der Waals surface area contributed by atoms with E-state index in [2.05, 4.69) is 33.1 Å². The van der Waals surface area contributed by atoms with Crippen molar-refractivity contribution in [2.75, 3.05) is 18.5 Å². The highest BCUT2D eigenvalue weighted by molar-refractivity contribution is 5.61. The average molecular weight is 268 g/mol. The van der Waals surface area contributed by atoms with E-state index < -0.39 is 0 Å². The van der Waals surface area contributed by atoms with Crippen LogP contribution in [0.15, 0.2) is 30.5 Å². The van der Waals surface area contributed by atoms with E-state index in [9.17, 15) is 0 Å². The maximum Gasteiger partial charge on any atom is 0.136 e. The van der Waals surface area contributed by atoms with Crippen molar-refractivity contribution in [1.82, 2.24) is 9.97 Å². The largest absolute Gasteiger partial charge is 0.330 e. The number of benzene rings is 1. The molecule has 4 heteroatoms. The van der Waals surface area contributed by atoms with Gasteiger partial charge in [-0.15, -0.1) is 0 Å². The molecule has 1 heterocycles. The SMILES string of the molecule is CN(c1ccc2c(c1)CCC2)c1ccnc(CCN)n1. The van der Waals surface area contributed by atoms with Crippen LogP contribution in [0.4, 0.5) is 11.5 Å². The van der Waals surface area contributed by atoms with Gasteiger partial charge in [-0.3, -0.25) is 0 Å². The number of nitrogens with zero attached hydrogens (tertiary/aromatic N) is 3. The second-order valence-corrected chi connectivity index (χ2v) is 5.24. The molecule has 1 aromatic carbocycles. The standard InChI is InChI=1S/C16H20N4/c1-20(16-8-10-18-15(19-16)7-9-17)14-6-5-12-3-2-4-13(12)11-14/h5-6,8,10-11H,2-4,7,9,17H2,1H3. The minimum Gasteiger partial charge on any atom is -0.330 e. The molecule has 0 atom stereocenters. The molecule has 1 aliphatic carbocycles. The van der Waals surface area contributed by atoms with E-state index in [0.717, 1.165) is 11.6 Å². The summed E-state index contributed by atoms with van der Waals surface area (Å²) >= 11 is 0. The molecule has 0 bridgehead atoms. The lowest BCUT2D eigenvalue weighted by atomic mass is 10.1. The topological polar surface area (TPSA) is 55.0 Å². The molecule has 0 aliphatic heterocycles. The monoisotopic (exact) mass is 268 g/mol. The van der Waals surface area contributed by atoms with Crippen LogP contribution in [0.5, 0.6) is 0 Å². The number of aryl methyl sites for hydroxylation is 2. The van der Waals surface area contributed by atoms with E-state index in [1.807, 2.05) is 13.1 Å². The zero-order valence-corrected chi connectivity index (χ0v) is 11.8. The smallest absolute Gasteiger partial charge is 0.136 e. The Morgan fingerprint density at radius 1 is 1.20 bits per heavy atom. The Balaban J connectivity index is 1.88. The van der Waals surface area contributed by atoms with Crippen molar-refractivity contribution >= 4 is 11.5 Å². The lowest BCUT2D eigenvalue weighted by molar-refractivity contribution is 0.862. The van der Waals surface area contributed by atoms with Gasteiger partial charge in [0, 0.05) is 25.4 Å². The van der Waals surface area contributed by atoms with Crippen molar-refractivity contribution in [1.29, 1.82) is 0 Å². The van der Waals surface area contributed by atoms with Gasteiger partial charge in [0.1, 0.15) is 11.6 Å². The summed E-state index contributed by atoms with van der Waals surface area (Å²) in [6.45, 7) is 0.575. The number of anilines is 2. The molecule has 2 N–H and O–H groups in total. The fraction of sp³-hybridized carbons (Fsp3) is 0.375. The highest BCUT2D eigenvalue weighted by Gasteiger charge is 2.13. The average Bonchev–Trinajstić information content (AvgIpc) is 2.94. The van der Waals surface area contributed by atoms with Crippen molar-refractivity contribution in [3.8, 4) is 0 Å². The Labute approximate surface area is 119 Å². The molecular weight excluding hydrogens is 248 g/mol. The lowest BCUT2D eigenvalue weighted by Gasteiger charge is -2.19. The molecule has 1 aromatic heterocycles. The quantitative estimate of drug-likeness (QED) is 0.924. The summed E-state index contributed by atoms with van der Waals surface area (Å²) in [7, 11) is 2.05. The van der Waals surface area contributed by atoms with Crippen LogP contribution >= 0.6 is 0 Å². The van der Waals surface area contributed by atoms with Crippen LogP contribution < -0.4 is 10.6 Å². The van der Waals surface area contributed by atoms with Gasteiger partial charge in [-0.1, -0.05) is 6.07 Å². The van der Waals surface area contributed by atoms with Gasteiger partial charge in [-0.2, -0.15) is 0 Å². The molecule has 0 amide bonds. The maximum atomic E-state index is 5.57. The van der Waals surface area contributed by atoms with Gasteiger partial charge in [0.2, 0.25) is 0 Å². The number of aromatic nitrogens is 2. The number of hydrogen-bond acceptors (Lipinski definition) is 4. The highest BCUT2D eigenvalue weighted by atomic mass is 15.2. The Kier molecular flexibility index (Phi) is 3.65. The molecule has 1 aliphatic rings. The molecule has 0 radical (unpaired) electrons. The summed E-state index contributed by atoms with van der Waals surface area (Å²) < 4.78 is 0. The van der Waals surface area contributed by atoms with Gasteiger partial charge in [-0.05, 0) is 55.1 Å². The number of rotatable bonds is 4. The van der Waals surface area contributed by atoms with Crippen molar-refractivity contribution in [2.24, 2.45) is 5.73 Å². The molecule has 2 aromatic rings. The van der Waals surface area contributed by atoms with Gasteiger partial charge < -0.3 is 10.6 Å². The van der Waals surface area contributed by atoms with Crippen LogP contribution in [0.2, 0.25) is 0 Å². The summed E-state index contributed by atoms with van der Waals surface area (Å²) in [5, 5.41) is 0. The van der Waals surface area contributed by atoms with Crippen LogP contribution in [-0.4, -0.2) is 23.6 Å². The Hall–Kier alpha value is -1.94. The minimum atomic E-state index is 0.575. The van der Waals surface area contributed by atoms with E-state index in [1.54, 1.807) is 6.20 Å². The van der Waals surface area contributed by atoms with Crippen LogP contribution in [0, 0.1) is 0 Å². The molecule has 0 spiro atoms. The molecule has 0 saturated carbocycles. The molecule has 0 unspecified atom stereocenters. The Bertz CT molecular complexity index is 609. The fourth-order valence-corrected chi connectivity index (χ4v) is 2.72. The summed E-state index contributed by atoms with van der Waals surface area (Å²) in [6.07, 6.45) is 6.20. The Morgan fingerprint density at radius 3 is 2.90 bits per heavy atom. The number of nitrogens with two attached hydrogens (primary N) is 1. The van der Waals surface area contributed by atoms with Gasteiger partial charge in [-0.25, -0.2) is 9.97 Å². The third kappa shape index (κ3) is 2.51. The Morgan fingerprint density at radius 2 is 2.05 bits per heavy atom. The summed E-state index contributed by atoms with van der Waals surface area (Å²) in [4.78, 5) is 10.9. The third-order valence-electron chi connectivity index (χ3n) is 3.87. The van der Waals surface area contributed by atoms with Gasteiger partial charge in [0.05, 0.1) is 0 Å². The van der Waals surface area contributed by atoms with Crippen LogP contribution in [0.3, 0.4) is 0 Å². The van der Waals surface area contributed by atoms with Crippen molar-refractivity contribution < 1.29 is 0 Å². The van der Waals surface area contributed by atoms with Crippen LogP contribution in [0.25, 0.3) is 0 Å². The van der Waals surface area contributed by atoms with E-state index in [-0.39, 0.29) is 0 Å². The van der Waals surface area contributed by atoms with Crippen LogP contribution in [-0.2, 0) is 19.3 Å². The fourth-order valence-electron chi connectivity index (χ4n) is 2.72. The predicted octanol–water partition coefficient (Wildman–Crippen LogP) is 2.23. The molecule has 20 heavy (non-hydrogen) atoms. The first-order valence-electron chi connectivity index (χ1n) is 7.15. The van der Waals surface area contributed by atoms with E-state index >= 15 is 0 Å². The lowest BCUT2D eigenvalue weighted by Crippen LogP contribution is -2.14. The molecule has 104 valence electrons. The molecule has 0 saturated heterocycles. The van der Waals surface area contributed by atoms with E-state index in [0.29, 0.717) is 13.0 Å². The normalized spacial score (nSPS) is 13.3. The molecule has 3 rings (SSSR count). The maximum absolute atomic E-state index is 5.57. The van der Waals surface area contributed by atoms with E-state index in [4.69, 9.17) is 5.73 Å². The summed E-state index contributed by atoms with van der Waals surface area (Å²) in [6, 6.07) is 8.64. The first-order valence-corrected chi connectivity index (χ1v) is 7.15. The van der Waals surface area contributed by atoms with Gasteiger partial charge >= 0.3 is 0 Å². The predicted molar refractivity (Wildman–Crippen MR) is 81.3 cm³/mol. The number of hydrogen-bond donors (Lipinski definition) is 1. The minimum absolute atomic E-state index is 0.575. The molecule has 4 nitrogen and oxygen atoms in total. The van der Waals surface area contributed by atoms with Crippen LogP contribution in [0.1, 0.15) is 23.4 Å². The zero-order chi connectivity index (χ0) is 13.9. The third-order valence-corrected chi connectivity index (χ3v) is 3.87.